The number of ether oxygens (including phenoxy) is 3. The first-order valence-corrected chi connectivity index (χ1v) is 21.6. The van der Waals surface area contributed by atoms with Gasteiger partial charge in [-0.15, -0.1) is 0 Å². The smallest absolute Gasteiger partial charge is 0.407 e. The molecule has 0 aliphatic rings. The first-order chi connectivity index (χ1) is 25.4. The Morgan fingerprint density at radius 3 is 1.21 bits per heavy atom. The number of hydrogen-bond acceptors (Lipinski definition) is 7. The summed E-state index contributed by atoms with van der Waals surface area (Å²) in [7, 11) is 3.80. The summed E-state index contributed by atoms with van der Waals surface area (Å²) in [6, 6.07) is -0.664. The lowest BCUT2D eigenvalue weighted by molar-refractivity contribution is -0.147. The average molecular weight is 735 g/mol. The summed E-state index contributed by atoms with van der Waals surface area (Å²) < 4.78 is 16.2. The van der Waals surface area contributed by atoms with Gasteiger partial charge in [0.15, 0.2) is 0 Å². The number of rotatable bonds is 38. The molecule has 52 heavy (non-hydrogen) atoms. The number of nitrogens with one attached hydrogen (secondary N) is 1. The molecule has 0 aromatic heterocycles. The van der Waals surface area contributed by atoms with Crippen LogP contribution < -0.4 is 5.32 Å². The van der Waals surface area contributed by atoms with Gasteiger partial charge in [0.05, 0.1) is 0 Å². The molecule has 1 amide bonds. The topological polar surface area (TPSA) is 94.2 Å². The number of allylic oxidation sites excluding steroid dienone is 4. The van der Waals surface area contributed by atoms with Crippen molar-refractivity contribution in [1.82, 2.24) is 10.2 Å². The number of alkyl carbamates (subject to hydrolysis) is 1. The molecule has 0 heterocycles. The number of amides is 1. The second-order valence-corrected chi connectivity index (χ2v) is 14.8. The highest BCUT2D eigenvalue weighted by Crippen LogP contribution is 2.12. The maximum Gasteiger partial charge on any atom is 0.407 e. The van der Waals surface area contributed by atoms with Gasteiger partial charge in [-0.3, -0.25) is 9.59 Å². The first kappa shape index (κ1) is 49.6. The van der Waals surface area contributed by atoms with Crippen molar-refractivity contribution < 1.29 is 28.6 Å². The summed E-state index contributed by atoms with van der Waals surface area (Å²) in [5, 5.41) is 2.70. The molecule has 0 spiro atoms. The fourth-order valence-electron chi connectivity index (χ4n) is 5.87. The third kappa shape index (κ3) is 38.9. The van der Waals surface area contributed by atoms with E-state index in [4.69, 9.17) is 14.2 Å². The molecule has 0 aromatic carbocycles. The van der Waals surface area contributed by atoms with E-state index in [9.17, 15) is 14.4 Å². The Morgan fingerprint density at radius 1 is 0.500 bits per heavy atom. The van der Waals surface area contributed by atoms with Crippen molar-refractivity contribution in [3.8, 4) is 0 Å². The molecular weight excluding hydrogens is 652 g/mol. The zero-order valence-corrected chi connectivity index (χ0v) is 34.4. The molecule has 0 bridgehead atoms. The predicted molar refractivity (Wildman–Crippen MR) is 218 cm³/mol. The highest BCUT2D eigenvalue weighted by Gasteiger charge is 2.18. The van der Waals surface area contributed by atoms with E-state index in [1.807, 2.05) is 19.0 Å². The molecule has 0 fully saturated rings. The van der Waals surface area contributed by atoms with E-state index in [1.165, 1.54) is 116 Å². The van der Waals surface area contributed by atoms with E-state index in [1.54, 1.807) is 0 Å². The molecule has 0 saturated carbocycles. The SMILES string of the molecule is CCCCCCCCC=CCCCCCCCC(=O)OCC(COC(=O)CCCCCCCC=CCCCCCCCC)NC(=O)OCCN(C)C. The molecule has 0 aliphatic heterocycles. The number of unbranched alkanes of at least 4 members (excludes halogenated alkanes) is 22. The van der Waals surface area contributed by atoms with Gasteiger partial charge in [0.1, 0.15) is 25.9 Å². The predicted octanol–water partition coefficient (Wildman–Crippen LogP) is 11.8. The third-order valence-corrected chi connectivity index (χ3v) is 9.27. The van der Waals surface area contributed by atoms with Gasteiger partial charge in [0, 0.05) is 19.4 Å². The standard InChI is InChI=1S/C44H82N2O6/c1-5-7-9-11-13-15-17-19-21-23-25-27-29-31-33-35-42(47)51-39-41(45-44(49)50-38-37-46(3)4)40-52-43(48)36-34-32-30-28-26-24-22-20-18-16-14-12-10-8-6-2/h19-22,41H,5-18,23-40H2,1-4H3,(H,45,49). The van der Waals surface area contributed by atoms with Gasteiger partial charge in [-0.25, -0.2) is 4.79 Å². The Hall–Kier alpha value is -2.35. The second-order valence-electron chi connectivity index (χ2n) is 14.8. The first-order valence-electron chi connectivity index (χ1n) is 21.6. The van der Waals surface area contributed by atoms with Gasteiger partial charge in [-0.2, -0.15) is 0 Å². The molecule has 0 saturated heterocycles. The Bertz CT molecular complexity index is 819. The van der Waals surface area contributed by atoms with Crippen molar-refractivity contribution in [3.63, 3.8) is 0 Å². The number of nitrogens with zero attached hydrogens (tertiary/aromatic N) is 1. The minimum atomic E-state index is -0.664. The van der Waals surface area contributed by atoms with Crippen LogP contribution in [-0.2, 0) is 23.8 Å². The highest BCUT2D eigenvalue weighted by molar-refractivity contribution is 5.70. The van der Waals surface area contributed by atoms with Crippen LogP contribution in [0.4, 0.5) is 4.79 Å². The van der Waals surface area contributed by atoms with Gasteiger partial charge in [0.2, 0.25) is 0 Å². The summed E-state index contributed by atoms with van der Waals surface area (Å²) >= 11 is 0. The minimum absolute atomic E-state index is 0.0621. The largest absolute Gasteiger partial charge is 0.463 e. The Balaban J connectivity index is 4.15. The number of hydrogen-bond donors (Lipinski definition) is 1. The maximum absolute atomic E-state index is 12.4. The summed E-state index contributed by atoms with van der Waals surface area (Å²) in [6.07, 6.45) is 40.6. The third-order valence-electron chi connectivity index (χ3n) is 9.27. The van der Waals surface area contributed by atoms with Crippen LogP contribution in [0.1, 0.15) is 194 Å². The van der Waals surface area contributed by atoms with Crippen LogP contribution in [0.25, 0.3) is 0 Å². The van der Waals surface area contributed by atoms with Gasteiger partial charge < -0.3 is 24.4 Å². The van der Waals surface area contributed by atoms with Crippen LogP contribution in [0, 0.1) is 0 Å². The second kappa shape index (κ2) is 39.8. The van der Waals surface area contributed by atoms with Crippen molar-refractivity contribution in [2.45, 2.75) is 200 Å². The van der Waals surface area contributed by atoms with Crippen molar-refractivity contribution in [1.29, 1.82) is 0 Å². The molecule has 0 unspecified atom stereocenters. The summed E-state index contributed by atoms with van der Waals surface area (Å²) in [5.74, 6) is -0.602. The van der Waals surface area contributed by atoms with E-state index in [0.717, 1.165) is 51.4 Å². The van der Waals surface area contributed by atoms with E-state index in [0.29, 0.717) is 19.4 Å². The molecule has 0 aromatic rings. The highest BCUT2D eigenvalue weighted by atomic mass is 16.6. The molecule has 8 nitrogen and oxygen atoms in total. The Kier molecular flexibility index (Phi) is 38.0. The summed E-state index contributed by atoms with van der Waals surface area (Å²) in [4.78, 5) is 39.1. The van der Waals surface area contributed by atoms with Crippen molar-refractivity contribution in [2.24, 2.45) is 0 Å². The molecule has 0 atom stereocenters. The van der Waals surface area contributed by atoms with Crippen molar-refractivity contribution >= 4 is 18.0 Å². The van der Waals surface area contributed by atoms with Crippen LogP contribution in [0.2, 0.25) is 0 Å². The number of esters is 2. The van der Waals surface area contributed by atoms with Crippen molar-refractivity contribution in [3.05, 3.63) is 24.3 Å². The molecule has 0 aliphatic carbocycles. The quantitative estimate of drug-likeness (QED) is 0.0292. The molecule has 0 rings (SSSR count). The zero-order chi connectivity index (χ0) is 38.2. The number of likely N-dealkylation sites (N-methyl/N-ethyl adjacent to an activating group) is 1. The Morgan fingerprint density at radius 2 is 0.846 bits per heavy atom. The number of carbonyl (C=O) groups excluding carboxylic acids is 3. The van der Waals surface area contributed by atoms with Gasteiger partial charge in [0.25, 0.3) is 0 Å². The molecule has 8 heteroatoms. The van der Waals surface area contributed by atoms with Gasteiger partial charge in [-0.05, 0) is 78.3 Å². The van der Waals surface area contributed by atoms with Crippen LogP contribution in [0.3, 0.4) is 0 Å². The van der Waals surface area contributed by atoms with Crippen LogP contribution in [-0.4, -0.2) is 69.4 Å². The van der Waals surface area contributed by atoms with E-state index in [-0.39, 0.29) is 31.8 Å². The fourth-order valence-corrected chi connectivity index (χ4v) is 5.87. The lowest BCUT2D eigenvalue weighted by Gasteiger charge is -2.19. The average Bonchev–Trinajstić information content (AvgIpc) is 3.12. The fraction of sp³-hybridized carbons (Fsp3) is 0.841. The van der Waals surface area contributed by atoms with E-state index >= 15 is 0 Å². The zero-order valence-electron chi connectivity index (χ0n) is 34.4. The summed E-state index contributed by atoms with van der Waals surface area (Å²) in [5.41, 5.74) is 0. The molecular formula is C44H82N2O6. The number of carbonyl (C=O) groups is 3. The van der Waals surface area contributed by atoms with Crippen LogP contribution in [0.15, 0.2) is 24.3 Å². The monoisotopic (exact) mass is 735 g/mol. The van der Waals surface area contributed by atoms with Gasteiger partial charge in [-0.1, -0.05) is 141 Å². The van der Waals surface area contributed by atoms with Crippen LogP contribution in [0.5, 0.6) is 0 Å². The lowest BCUT2D eigenvalue weighted by Crippen LogP contribution is -2.43. The minimum Gasteiger partial charge on any atom is -0.463 e. The molecule has 304 valence electrons. The lowest BCUT2D eigenvalue weighted by atomic mass is 10.1. The van der Waals surface area contributed by atoms with Crippen LogP contribution >= 0.6 is 0 Å². The Labute approximate surface area is 320 Å². The maximum atomic E-state index is 12.4. The van der Waals surface area contributed by atoms with Crippen molar-refractivity contribution in [2.75, 3.05) is 40.5 Å². The summed E-state index contributed by atoms with van der Waals surface area (Å²) in [6.45, 7) is 5.21. The van der Waals surface area contributed by atoms with E-state index in [2.05, 4.69) is 43.5 Å². The normalized spacial score (nSPS) is 12.2. The van der Waals surface area contributed by atoms with E-state index < -0.39 is 12.1 Å². The van der Waals surface area contributed by atoms with Gasteiger partial charge >= 0.3 is 18.0 Å². The molecule has 1 N–H and O–H groups in total. The molecule has 0 radical (unpaired) electrons.